The minimum Gasteiger partial charge on any atom is -0.478 e. The van der Waals surface area contributed by atoms with Crippen molar-refractivity contribution in [2.75, 3.05) is 17.2 Å². The van der Waals surface area contributed by atoms with Gasteiger partial charge in [-0.2, -0.15) is 0 Å². The molecule has 1 heterocycles. The van der Waals surface area contributed by atoms with Gasteiger partial charge in [0.25, 0.3) is 0 Å². The summed E-state index contributed by atoms with van der Waals surface area (Å²) in [5, 5.41) is 8.82. The van der Waals surface area contributed by atoms with Crippen LogP contribution in [0.2, 0.25) is 0 Å². The summed E-state index contributed by atoms with van der Waals surface area (Å²) in [6.07, 6.45) is 5.49. The third kappa shape index (κ3) is 5.46. The van der Waals surface area contributed by atoms with E-state index in [0.29, 0.717) is 21.6 Å². The summed E-state index contributed by atoms with van der Waals surface area (Å²) < 4.78 is 33.5. The van der Waals surface area contributed by atoms with Crippen molar-refractivity contribution in [1.29, 1.82) is 0 Å². The molecule has 0 spiro atoms. The monoisotopic (exact) mass is 569 g/mol. The number of ether oxygens (including phenoxy) is 1. The molecule has 0 saturated heterocycles. The van der Waals surface area contributed by atoms with Crippen molar-refractivity contribution in [2.24, 2.45) is 5.41 Å². The van der Waals surface area contributed by atoms with Crippen LogP contribution in [0.5, 0.6) is 5.75 Å². The van der Waals surface area contributed by atoms with Crippen molar-refractivity contribution in [2.45, 2.75) is 44.4 Å². The SMILES string of the molecule is CCCCC1(CC)CN(c2ccccc2)c2cc(I)c(O/C=C/C(=O)O)cc2S(=O)(=O)C1. The highest BCUT2D eigenvalue weighted by molar-refractivity contribution is 14.1. The van der Waals surface area contributed by atoms with Crippen LogP contribution >= 0.6 is 22.6 Å². The number of halogens is 1. The summed E-state index contributed by atoms with van der Waals surface area (Å²) in [5.41, 5.74) is 1.19. The van der Waals surface area contributed by atoms with Gasteiger partial charge in [-0.15, -0.1) is 0 Å². The molecule has 1 unspecified atom stereocenters. The third-order valence-corrected chi connectivity index (χ3v) is 8.75. The maximum atomic E-state index is 13.7. The molecule has 6 nitrogen and oxygen atoms in total. The minimum absolute atomic E-state index is 0.0673. The average molecular weight is 569 g/mol. The van der Waals surface area contributed by atoms with Gasteiger partial charge in [-0.05, 0) is 53.6 Å². The van der Waals surface area contributed by atoms with Gasteiger partial charge < -0.3 is 14.7 Å². The standard InChI is InChI=1S/C24H28INO5S/c1-3-5-12-24(4-2)16-26(18-9-7-6-8-10-18)20-14-19(25)21(31-13-11-23(27)28)15-22(20)32(29,30)17-24/h6-11,13-15H,3-5,12,16-17H2,1-2H3,(H,27,28)/b13-11+. The molecule has 0 fully saturated rings. The Morgan fingerprint density at radius 3 is 2.59 bits per heavy atom. The van der Waals surface area contributed by atoms with Crippen LogP contribution in [0.3, 0.4) is 0 Å². The zero-order valence-corrected chi connectivity index (χ0v) is 21.2. The lowest BCUT2D eigenvalue weighted by Crippen LogP contribution is -2.37. The number of carboxylic acid groups (broad SMARTS) is 1. The van der Waals surface area contributed by atoms with Crippen molar-refractivity contribution < 1.29 is 23.1 Å². The van der Waals surface area contributed by atoms with E-state index in [4.69, 9.17) is 9.84 Å². The van der Waals surface area contributed by atoms with E-state index in [-0.39, 0.29) is 16.1 Å². The van der Waals surface area contributed by atoms with E-state index < -0.39 is 15.8 Å². The number of aliphatic carboxylic acids is 1. The van der Waals surface area contributed by atoms with Crippen molar-refractivity contribution >= 4 is 49.8 Å². The fourth-order valence-corrected chi connectivity index (χ4v) is 6.87. The zero-order chi connectivity index (χ0) is 23.4. The Balaban J connectivity index is 2.19. The van der Waals surface area contributed by atoms with Gasteiger partial charge in [-0.3, -0.25) is 0 Å². The van der Waals surface area contributed by atoms with E-state index in [1.54, 1.807) is 0 Å². The van der Waals surface area contributed by atoms with Gasteiger partial charge in [0.2, 0.25) is 0 Å². The fraction of sp³-hybridized carbons (Fsp3) is 0.375. The summed E-state index contributed by atoms with van der Waals surface area (Å²) in [5.74, 6) is -0.755. The lowest BCUT2D eigenvalue weighted by atomic mass is 9.81. The molecule has 0 amide bonds. The number of rotatable bonds is 8. The Bertz CT molecular complexity index is 1100. The van der Waals surface area contributed by atoms with Gasteiger partial charge in [0.1, 0.15) is 5.75 Å². The number of benzene rings is 2. The second-order valence-corrected chi connectivity index (χ2v) is 11.3. The Morgan fingerprint density at radius 1 is 1.25 bits per heavy atom. The van der Waals surface area contributed by atoms with E-state index >= 15 is 0 Å². The number of carboxylic acids is 1. The number of carbonyl (C=O) groups is 1. The highest BCUT2D eigenvalue weighted by Crippen LogP contribution is 2.46. The molecule has 0 saturated carbocycles. The molecule has 8 heteroatoms. The minimum atomic E-state index is -3.62. The van der Waals surface area contributed by atoms with E-state index in [1.807, 2.05) is 36.4 Å². The number of sulfone groups is 1. The normalized spacial score (nSPS) is 20.0. The summed E-state index contributed by atoms with van der Waals surface area (Å²) in [6.45, 7) is 4.79. The number of fused-ring (bicyclic) bond motifs is 1. The maximum absolute atomic E-state index is 13.7. The largest absolute Gasteiger partial charge is 0.478 e. The van der Waals surface area contributed by atoms with Crippen LogP contribution in [0.15, 0.2) is 59.7 Å². The summed E-state index contributed by atoms with van der Waals surface area (Å²) in [6, 6.07) is 13.2. The molecule has 2 aromatic carbocycles. The van der Waals surface area contributed by atoms with Gasteiger partial charge in [0.05, 0.1) is 32.2 Å². The van der Waals surface area contributed by atoms with E-state index in [1.165, 1.54) is 6.07 Å². The Labute approximate surface area is 203 Å². The molecular weight excluding hydrogens is 541 g/mol. The van der Waals surface area contributed by atoms with Gasteiger partial charge in [0.15, 0.2) is 9.84 Å². The molecule has 172 valence electrons. The number of nitrogens with zero attached hydrogens (tertiary/aromatic N) is 1. The third-order valence-electron chi connectivity index (χ3n) is 5.91. The Hall–Kier alpha value is -2.07. The first-order valence-corrected chi connectivity index (χ1v) is 13.4. The quantitative estimate of drug-likeness (QED) is 0.247. The van der Waals surface area contributed by atoms with Crippen molar-refractivity contribution in [1.82, 2.24) is 0 Å². The zero-order valence-electron chi connectivity index (χ0n) is 18.3. The summed E-state index contributed by atoms with van der Waals surface area (Å²) in [7, 11) is -3.62. The first-order chi connectivity index (χ1) is 15.2. The van der Waals surface area contributed by atoms with Gasteiger partial charge in [0, 0.05) is 23.7 Å². The molecular formula is C24H28INO5S. The molecule has 0 bridgehead atoms. The summed E-state index contributed by atoms with van der Waals surface area (Å²) >= 11 is 2.09. The smallest absolute Gasteiger partial charge is 0.331 e. The van der Waals surface area contributed by atoms with Crippen LogP contribution < -0.4 is 9.64 Å². The van der Waals surface area contributed by atoms with Gasteiger partial charge in [-0.25, -0.2) is 13.2 Å². The van der Waals surface area contributed by atoms with E-state index in [0.717, 1.165) is 43.7 Å². The highest BCUT2D eigenvalue weighted by atomic mass is 127. The number of unbranched alkanes of at least 4 members (excludes halogenated alkanes) is 1. The predicted octanol–water partition coefficient (Wildman–Crippen LogP) is 5.78. The first kappa shape index (κ1) is 24.6. The van der Waals surface area contributed by atoms with Crippen molar-refractivity contribution in [3.05, 3.63) is 58.4 Å². The van der Waals surface area contributed by atoms with E-state index in [2.05, 4.69) is 41.3 Å². The second-order valence-electron chi connectivity index (χ2n) is 8.15. The van der Waals surface area contributed by atoms with Crippen LogP contribution in [0.4, 0.5) is 11.4 Å². The van der Waals surface area contributed by atoms with Crippen LogP contribution in [0.25, 0.3) is 0 Å². The average Bonchev–Trinajstić information content (AvgIpc) is 2.85. The number of hydrogen-bond acceptors (Lipinski definition) is 5. The Morgan fingerprint density at radius 2 is 1.97 bits per heavy atom. The van der Waals surface area contributed by atoms with Crippen molar-refractivity contribution in [3.63, 3.8) is 0 Å². The van der Waals surface area contributed by atoms with E-state index in [9.17, 15) is 13.2 Å². The topological polar surface area (TPSA) is 83.9 Å². The second kappa shape index (κ2) is 10.2. The fourth-order valence-electron chi connectivity index (χ4n) is 4.12. The maximum Gasteiger partial charge on any atom is 0.331 e. The predicted molar refractivity (Wildman–Crippen MR) is 134 cm³/mol. The molecule has 1 atom stereocenters. The molecule has 0 aliphatic carbocycles. The number of para-hydroxylation sites is 1. The van der Waals surface area contributed by atoms with Crippen LogP contribution in [0.1, 0.15) is 39.5 Å². The van der Waals surface area contributed by atoms with Crippen LogP contribution in [-0.2, 0) is 14.6 Å². The molecule has 1 aliphatic heterocycles. The van der Waals surface area contributed by atoms with Crippen molar-refractivity contribution in [3.8, 4) is 5.75 Å². The lowest BCUT2D eigenvalue weighted by Gasteiger charge is -2.36. The molecule has 32 heavy (non-hydrogen) atoms. The van der Waals surface area contributed by atoms with Crippen LogP contribution in [0, 0.1) is 8.99 Å². The first-order valence-electron chi connectivity index (χ1n) is 10.7. The molecule has 1 aliphatic rings. The molecule has 0 radical (unpaired) electrons. The molecule has 1 N–H and O–H groups in total. The van der Waals surface area contributed by atoms with Gasteiger partial charge in [-0.1, -0.05) is 44.9 Å². The number of hydrogen-bond donors (Lipinski definition) is 1. The molecule has 3 rings (SSSR count). The Kier molecular flexibility index (Phi) is 7.87. The van der Waals surface area contributed by atoms with Gasteiger partial charge >= 0.3 is 5.97 Å². The summed E-state index contributed by atoms with van der Waals surface area (Å²) in [4.78, 5) is 13.1. The lowest BCUT2D eigenvalue weighted by molar-refractivity contribution is -0.131. The van der Waals surface area contributed by atoms with Crippen LogP contribution in [-0.4, -0.2) is 31.8 Å². The molecule has 0 aromatic heterocycles. The molecule has 2 aromatic rings. The highest BCUT2D eigenvalue weighted by Gasteiger charge is 2.41. The number of anilines is 2.